The fourth-order valence-corrected chi connectivity index (χ4v) is 5.44. The van der Waals surface area contributed by atoms with Crippen LogP contribution in [-0.4, -0.2) is 32.0 Å². The lowest BCUT2D eigenvalue weighted by atomic mass is 9.96. The van der Waals surface area contributed by atoms with E-state index in [-0.39, 0.29) is 24.5 Å². The summed E-state index contributed by atoms with van der Waals surface area (Å²) in [4.78, 5) is 19.7. The van der Waals surface area contributed by atoms with Crippen molar-refractivity contribution in [3.63, 3.8) is 0 Å². The van der Waals surface area contributed by atoms with Crippen molar-refractivity contribution in [2.75, 3.05) is 11.9 Å². The smallest absolute Gasteiger partial charge is 0.244 e. The first-order chi connectivity index (χ1) is 17.4. The van der Waals surface area contributed by atoms with Gasteiger partial charge in [-0.05, 0) is 86.2 Å². The van der Waals surface area contributed by atoms with Crippen LogP contribution in [0.1, 0.15) is 34.7 Å². The van der Waals surface area contributed by atoms with Crippen molar-refractivity contribution in [2.45, 2.75) is 25.9 Å². The third-order valence-electron chi connectivity index (χ3n) is 6.44. The van der Waals surface area contributed by atoms with Crippen molar-refractivity contribution in [3.8, 4) is 5.69 Å². The van der Waals surface area contributed by atoms with Gasteiger partial charge in [-0.15, -0.1) is 0 Å². The standard InChI is InChI=1S/C28H26BrN5OS/c1-18-16-23(19(2)34(18)22-13-11-20(29)12-14-22)27-26(24-10-6-7-15-30-24)32-28(36)33(27)17-25(35)31-21-8-4-3-5-9-21/h3-16,26-27H,17H2,1-2H3,(H,31,35)(H,32,36)/t26-,27+/m1/s1. The van der Waals surface area contributed by atoms with Crippen LogP contribution in [0.3, 0.4) is 0 Å². The number of carbonyl (C=O) groups is 1. The zero-order valence-electron chi connectivity index (χ0n) is 20.0. The maximum atomic E-state index is 13.1. The minimum Gasteiger partial charge on any atom is -0.352 e. The first-order valence-electron chi connectivity index (χ1n) is 11.7. The van der Waals surface area contributed by atoms with Crippen LogP contribution in [0.5, 0.6) is 0 Å². The third kappa shape index (κ3) is 4.79. The predicted molar refractivity (Wildman–Crippen MR) is 150 cm³/mol. The number of thiocarbonyl (C=S) groups is 1. The highest BCUT2D eigenvalue weighted by atomic mass is 79.9. The van der Waals surface area contributed by atoms with Crippen LogP contribution in [0.4, 0.5) is 5.69 Å². The van der Waals surface area contributed by atoms with Crippen molar-refractivity contribution < 1.29 is 4.79 Å². The summed E-state index contributed by atoms with van der Waals surface area (Å²) in [6.45, 7) is 4.33. The van der Waals surface area contributed by atoms with Gasteiger partial charge in [-0.1, -0.05) is 40.2 Å². The molecular formula is C28H26BrN5OS. The first-order valence-corrected chi connectivity index (χ1v) is 12.9. The van der Waals surface area contributed by atoms with Crippen molar-refractivity contribution in [2.24, 2.45) is 0 Å². The van der Waals surface area contributed by atoms with Crippen LogP contribution in [0.15, 0.2) is 89.5 Å². The number of hydrogen-bond donors (Lipinski definition) is 2. The maximum Gasteiger partial charge on any atom is 0.244 e. The van der Waals surface area contributed by atoms with Gasteiger partial charge >= 0.3 is 0 Å². The van der Waals surface area contributed by atoms with E-state index in [9.17, 15) is 4.79 Å². The van der Waals surface area contributed by atoms with Gasteiger partial charge in [0.05, 0.1) is 17.8 Å². The van der Waals surface area contributed by atoms with E-state index in [0.717, 1.165) is 38.5 Å². The summed E-state index contributed by atoms with van der Waals surface area (Å²) in [6, 6.07) is 25.4. The van der Waals surface area contributed by atoms with Crippen LogP contribution in [0, 0.1) is 13.8 Å². The number of para-hydroxylation sites is 1. The molecule has 36 heavy (non-hydrogen) atoms. The van der Waals surface area contributed by atoms with Crippen LogP contribution in [0.2, 0.25) is 0 Å². The Balaban J connectivity index is 1.53. The summed E-state index contributed by atoms with van der Waals surface area (Å²) < 4.78 is 3.27. The Morgan fingerprint density at radius 2 is 1.78 bits per heavy atom. The molecule has 2 aromatic carbocycles. The summed E-state index contributed by atoms with van der Waals surface area (Å²) >= 11 is 9.29. The van der Waals surface area contributed by atoms with Gasteiger partial charge < -0.3 is 20.1 Å². The number of nitrogens with zero attached hydrogens (tertiary/aromatic N) is 3. The summed E-state index contributed by atoms with van der Waals surface area (Å²) in [5.74, 6) is -0.126. The molecule has 2 aromatic heterocycles. The van der Waals surface area contributed by atoms with Crippen molar-refractivity contribution in [1.82, 2.24) is 19.8 Å². The number of benzene rings is 2. The van der Waals surface area contributed by atoms with Gasteiger partial charge in [-0.3, -0.25) is 9.78 Å². The Kier molecular flexibility index (Phi) is 6.89. The molecule has 8 heteroatoms. The van der Waals surface area contributed by atoms with E-state index < -0.39 is 0 Å². The topological polar surface area (TPSA) is 62.2 Å². The van der Waals surface area contributed by atoms with E-state index in [1.54, 1.807) is 6.20 Å². The van der Waals surface area contributed by atoms with E-state index in [2.05, 4.69) is 68.2 Å². The van der Waals surface area contributed by atoms with Gasteiger partial charge in [0.15, 0.2) is 5.11 Å². The second-order valence-corrected chi connectivity index (χ2v) is 10.1. The van der Waals surface area contributed by atoms with E-state index in [1.807, 2.05) is 65.6 Å². The monoisotopic (exact) mass is 559 g/mol. The van der Waals surface area contributed by atoms with Crippen molar-refractivity contribution >= 4 is 44.9 Å². The number of aryl methyl sites for hydroxylation is 1. The zero-order valence-corrected chi connectivity index (χ0v) is 22.4. The highest BCUT2D eigenvalue weighted by Gasteiger charge is 2.42. The molecule has 0 aliphatic carbocycles. The number of anilines is 1. The third-order valence-corrected chi connectivity index (χ3v) is 7.32. The number of halogens is 1. The molecule has 0 radical (unpaired) electrons. The molecule has 0 unspecified atom stereocenters. The Morgan fingerprint density at radius 1 is 1.06 bits per heavy atom. The van der Waals surface area contributed by atoms with Crippen LogP contribution < -0.4 is 10.6 Å². The number of amides is 1. The van der Waals surface area contributed by atoms with E-state index in [1.165, 1.54) is 0 Å². The Morgan fingerprint density at radius 3 is 2.47 bits per heavy atom. The molecule has 0 spiro atoms. The molecule has 182 valence electrons. The Bertz CT molecular complexity index is 1390. The average Bonchev–Trinajstić information content (AvgIpc) is 3.35. The van der Waals surface area contributed by atoms with Gasteiger partial charge in [-0.2, -0.15) is 0 Å². The van der Waals surface area contributed by atoms with E-state index >= 15 is 0 Å². The molecule has 4 aromatic rings. The van der Waals surface area contributed by atoms with E-state index in [0.29, 0.717) is 5.11 Å². The van der Waals surface area contributed by atoms with Gasteiger partial charge in [0.1, 0.15) is 6.54 Å². The fraction of sp³-hybridized carbons (Fsp3) is 0.179. The molecule has 2 N–H and O–H groups in total. The quantitative estimate of drug-likeness (QED) is 0.289. The second-order valence-electron chi connectivity index (χ2n) is 8.81. The molecule has 0 saturated carbocycles. The molecule has 6 nitrogen and oxygen atoms in total. The van der Waals surface area contributed by atoms with Crippen molar-refractivity contribution in [1.29, 1.82) is 0 Å². The van der Waals surface area contributed by atoms with Gasteiger partial charge in [0.25, 0.3) is 0 Å². The van der Waals surface area contributed by atoms with Gasteiger partial charge in [-0.25, -0.2) is 0 Å². The van der Waals surface area contributed by atoms with Crippen LogP contribution >= 0.6 is 28.1 Å². The maximum absolute atomic E-state index is 13.1. The lowest BCUT2D eigenvalue weighted by Gasteiger charge is -2.27. The highest BCUT2D eigenvalue weighted by molar-refractivity contribution is 9.10. The first kappa shape index (κ1) is 24.2. The minimum atomic E-state index is -0.204. The minimum absolute atomic E-state index is 0.122. The summed E-state index contributed by atoms with van der Waals surface area (Å²) in [5, 5.41) is 6.96. The normalized spacial score (nSPS) is 17.2. The molecule has 1 aliphatic rings. The zero-order chi connectivity index (χ0) is 25.2. The number of hydrogen-bond acceptors (Lipinski definition) is 3. The molecule has 1 fully saturated rings. The van der Waals surface area contributed by atoms with Gasteiger partial charge in [0.2, 0.25) is 5.91 Å². The van der Waals surface area contributed by atoms with Crippen molar-refractivity contribution in [3.05, 3.63) is 112 Å². The lowest BCUT2D eigenvalue weighted by molar-refractivity contribution is -0.116. The van der Waals surface area contributed by atoms with E-state index in [4.69, 9.17) is 12.2 Å². The SMILES string of the molecule is Cc1cc([C@H]2[C@@H](c3ccccn3)NC(=S)N2CC(=O)Nc2ccccc2)c(C)n1-c1ccc(Br)cc1. The summed E-state index contributed by atoms with van der Waals surface area (Å²) in [7, 11) is 0. The number of carbonyl (C=O) groups excluding carboxylic acids is 1. The number of nitrogens with one attached hydrogen (secondary N) is 2. The number of pyridine rings is 1. The lowest BCUT2D eigenvalue weighted by Crippen LogP contribution is -2.37. The average molecular weight is 561 g/mol. The molecule has 2 atom stereocenters. The van der Waals surface area contributed by atoms with Gasteiger partial charge in [0, 0.05) is 33.4 Å². The molecule has 3 heterocycles. The summed E-state index contributed by atoms with van der Waals surface area (Å²) in [6.07, 6.45) is 1.78. The highest BCUT2D eigenvalue weighted by Crippen LogP contribution is 2.41. The Hall–Kier alpha value is -3.49. The molecule has 1 aliphatic heterocycles. The molecule has 5 rings (SSSR count). The van der Waals surface area contributed by atoms with Crippen LogP contribution in [-0.2, 0) is 4.79 Å². The molecular weight excluding hydrogens is 534 g/mol. The van der Waals surface area contributed by atoms with Crippen LogP contribution in [0.25, 0.3) is 5.69 Å². The Labute approximate surface area is 224 Å². The largest absolute Gasteiger partial charge is 0.352 e. The summed E-state index contributed by atoms with van der Waals surface area (Å²) in [5.41, 5.74) is 6.02. The number of rotatable bonds is 6. The molecule has 1 saturated heterocycles. The number of aromatic nitrogens is 2. The molecule has 1 amide bonds. The fourth-order valence-electron chi connectivity index (χ4n) is 4.87. The molecule has 0 bridgehead atoms. The second kappa shape index (κ2) is 10.2. The predicted octanol–water partition coefficient (Wildman–Crippen LogP) is 5.86.